The van der Waals surface area contributed by atoms with E-state index in [1.54, 1.807) is 0 Å². The van der Waals surface area contributed by atoms with Crippen LogP contribution in [0, 0.1) is 0 Å². The number of rotatable bonds is 6. The summed E-state index contributed by atoms with van der Waals surface area (Å²) in [5.74, 6) is -1.07. The molecule has 0 bridgehead atoms. The van der Waals surface area contributed by atoms with Crippen LogP contribution >= 0.6 is 0 Å². The van der Waals surface area contributed by atoms with Gasteiger partial charge >= 0.3 is 29.6 Å². The number of aliphatic hydroxyl groups is 1. The molecule has 1 aromatic rings. The second-order valence-electron chi connectivity index (χ2n) is 4.72. The quantitative estimate of drug-likeness (QED) is 0.388. The van der Waals surface area contributed by atoms with Crippen molar-refractivity contribution in [3.8, 4) is 0 Å². The maximum Gasteiger partial charge on any atom is 1.00 e. The zero-order chi connectivity index (χ0) is 17.0. The van der Waals surface area contributed by atoms with E-state index in [1.807, 2.05) is 0 Å². The topological polar surface area (TPSA) is 139 Å². The fraction of sp³-hybridized carbons (Fsp3) is 0.308. The number of aliphatic hydroxyl groups excluding tert-OH is 1. The molecule has 0 aromatic heterocycles. The predicted octanol–water partition coefficient (Wildman–Crippen LogP) is -4.21. The summed E-state index contributed by atoms with van der Waals surface area (Å²) in [6.45, 7) is -0.442. The molecule has 1 heterocycles. The Morgan fingerprint density at radius 2 is 2.04 bits per heavy atom. The summed E-state index contributed by atoms with van der Waals surface area (Å²) < 4.78 is 33.7. The second kappa shape index (κ2) is 8.70. The first-order chi connectivity index (χ1) is 10.8. The molecule has 0 saturated heterocycles. The summed E-state index contributed by atoms with van der Waals surface area (Å²) in [7, 11) is -4.68. The minimum Gasteiger partial charge on any atom is -0.744 e. The van der Waals surface area contributed by atoms with Gasteiger partial charge in [-0.25, -0.2) is 13.4 Å². The molecule has 1 aliphatic heterocycles. The molecule has 2 N–H and O–H groups in total. The third-order valence-corrected chi connectivity index (χ3v) is 4.01. The van der Waals surface area contributed by atoms with Gasteiger partial charge in [-0.15, -0.1) is 0 Å². The van der Waals surface area contributed by atoms with E-state index in [4.69, 9.17) is 5.11 Å². The van der Waals surface area contributed by atoms with E-state index in [9.17, 15) is 22.6 Å². The fourth-order valence-electron chi connectivity index (χ4n) is 2.03. The molecule has 0 spiro atoms. The first-order valence-corrected chi connectivity index (χ1v) is 8.04. The van der Waals surface area contributed by atoms with Crippen LogP contribution in [-0.4, -0.2) is 53.8 Å². The molecule has 2 rings (SSSR count). The van der Waals surface area contributed by atoms with E-state index in [1.165, 1.54) is 18.2 Å². The monoisotopic (exact) mass is 363 g/mol. The fourth-order valence-corrected chi connectivity index (χ4v) is 2.73. The SMILES string of the molecule is O=C(NCCO)C1=NN(Cc2ccccc2S(=O)(=O)[O-])C(=O)C1.[Na+]. The van der Waals surface area contributed by atoms with E-state index < -0.39 is 26.8 Å². The molecule has 0 radical (unpaired) electrons. The number of carbonyl (C=O) groups excluding carboxylic acids is 2. The number of hydrazone groups is 1. The Kier molecular flexibility index (Phi) is 7.52. The number of carbonyl (C=O) groups is 2. The number of hydrogen-bond acceptors (Lipinski definition) is 7. The van der Waals surface area contributed by atoms with Gasteiger partial charge in [-0.3, -0.25) is 9.59 Å². The van der Waals surface area contributed by atoms with Crippen molar-refractivity contribution in [2.45, 2.75) is 17.9 Å². The summed E-state index contributed by atoms with van der Waals surface area (Å²) in [6, 6.07) is 5.48. The Hall–Kier alpha value is -1.30. The van der Waals surface area contributed by atoms with Crippen molar-refractivity contribution in [2.75, 3.05) is 13.2 Å². The van der Waals surface area contributed by atoms with E-state index in [-0.39, 0.29) is 66.9 Å². The summed E-state index contributed by atoms with van der Waals surface area (Å²) in [5, 5.41) is 15.8. The second-order valence-corrected chi connectivity index (χ2v) is 6.06. The first-order valence-electron chi connectivity index (χ1n) is 6.63. The molecule has 24 heavy (non-hydrogen) atoms. The maximum atomic E-state index is 11.9. The minimum atomic E-state index is -4.68. The predicted molar refractivity (Wildman–Crippen MR) is 77.1 cm³/mol. The maximum absolute atomic E-state index is 11.9. The third-order valence-electron chi connectivity index (χ3n) is 3.07. The zero-order valence-electron chi connectivity index (χ0n) is 12.9. The molecular formula is C13H14N3NaO6S. The Morgan fingerprint density at radius 3 is 2.67 bits per heavy atom. The van der Waals surface area contributed by atoms with Gasteiger partial charge in [0.15, 0.2) is 0 Å². The van der Waals surface area contributed by atoms with Gasteiger partial charge in [0.1, 0.15) is 15.8 Å². The molecule has 2 amide bonds. The molecule has 0 aliphatic carbocycles. The van der Waals surface area contributed by atoms with Gasteiger partial charge in [0, 0.05) is 6.54 Å². The minimum absolute atomic E-state index is 0. The number of amides is 2. The molecule has 0 atom stereocenters. The van der Waals surface area contributed by atoms with Gasteiger partial charge in [-0.2, -0.15) is 5.10 Å². The van der Waals surface area contributed by atoms with E-state index >= 15 is 0 Å². The molecular weight excluding hydrogens is 349 g/mol. The van der Waals surface area contributed by atoms with Gasteiger partial charge in [0.25, 0.3) is 5.91 Å². The van der Waals surface area contributed by atoms with Gasteiger partial charge in [-0.05, 0) is 11.6 Å². The Balaban J connectivity index is 0.00000288. The summed E-state index contributed by atoms with van der Waals surface area (Å²) in [5.41, 5.74) is 0.0857. The average molecular weight is 363 g/mol. The molecule has 11 heteroatoms. The van der Waals surface area contributed by atoms with Crippen LogP contribution in [0.1, 0.15) is 12.0 Å². The van der Waals surface area contributed by atoms with E-state index in [0.29, 0.717) is 0 Å². The van der Waals surface area contributed by atoms with Crippen LogP contribution in [0.25, 0.3) is 0 Å². The van der Waals surface area contributed by atoms with E-state index in [2.05, 4.69) is 10.4 Å². The van der Waals surface area contributed by atoms with Crippen LogP contribution < -0.4 is 34.9 Å². The normalized spacial score (nSPS) is 14.2. The summed E-state index contributed by atoms with van der Waals surface area (Å²) in [6.07, 6.45) is -0.233. The number of benzene rings is 1. The van der Waals surface area contributed by atoms with Crippen molar-refractivity contribution in [3.05, 3.63) is 29.8 Å². The third kappa shape index (κ3) is 5.10. The van der Waals surface area contributed by atoms with Gasteiger partial charge < -0.3 is 15.0 Å². The van der Waals surface area contributed by atoms with Crippen molar-refractivity contribution >= 4 is 27.6 Å². The van der Waals surface area contributed by atoms with E-state index in [0.717, 1.165) is 11.1 Å². The van der Waals surface area contributed by atoms with Gasteiger partial charge in [0.05, 0.1) is 24.5 Å². The molecule has 9 nitrogen and oxygen atoms in total. The van der Waals surface area contributed by atoms with Crippen molar-refractivity contribution < 1.29 is 57.2 Å². The van der Waals surface area contributed by atoms with Crippen LogP contribution in [0.3, 0.4) is 0 Å². The molecule has 0 saturated carbocycles. The summed E-state index contributed by atoms with van der Waals surface area (Å²) in [4.78, 5) is 23.1. The standard InChI is InChI=1S/C13H15N3O6S.Na/c17-6-5-14-13(19)10-7-12(18)16(15-10)8-9-3-1-2-4-11(9)23(20,21)22;/h1-4,17H,5-8H2,(H,14,19)(H,20,21,22);/q;+1/p-1. The molecule has 0 unspecified atom stereocenters. The molecule has 1 aromatic carbocycles. The molecule has 124 valence electrons. The average Bonchev–Trinajstić information content (AvgIpc) is 2.85. The van der Waals surface area contributed by atoms with Crippen LogP contribution in [0.15, 0.2) is 34.3 Å². The van der Waals surface area contributed by atoms with Crippen molar-refractivity contribution in [1.82, 2.24) is 10.3 Å². The van der Waals surface area contributed by atoms with Crippen molar-refractivity contribution in [1.29, 1.82) is 0 Å². The van der Waals surface area contributed by atoms with Gasteiger partial charge in [0.2, 0.25) is 5.91 Å². The Labute approximate surface area is 160 Å². The van der Waals surface area contributed by atoms with Gasteiger partial charge in [-0.1, -0.05) is 18.2 Å². The number of hydrogen-bond donors (Lipinski definition) is 2. The van der Waals surface area contributed by atoms with Crippen LogP contribution in [0.4, 0.5) is 0 Å². The molecule has 1 aliphatic rings. The molecule has 0 fully saturated rings. The zero-order valence-corrected chi connectivity index (χ0v) is 15.7. The summed E-state index contributed by atoms with van der Waals surface area (Å²) >= 11 is 0. The first kappa shape index (κ1) is 20.7. The van der Waals surface area contributed by atoms with Crippen LogP contribution in [0.2, 0.25) is 0 Å². The van der Waals surface area contributed by atoms with Crippen molar-refractivity contribution in [2.24, 2.45) is 5.10 Å². The Morgan fingerprint density at radius 1 is 1.38 bits per heavy atom. The number of nitrogens with one attached hydrogen (secondary N) is 1. The number of nitrogens with zero attached hydrogens (tertiary/aromatic N) is 2. The smallest absolute Gasteiger partial charge is 0.744 e. The van der Waals surface area contributed by atoms with Crippen molar-refractivity contribution in [3.63, 3.8) is 0 Å². The van der Waals surface area contributed by atoms with Crippen LogP contribution in [-0.2, 0) is 26.3 Å². The Bertz CT molecular complexity index is 765. The van der Waals surface area contributed by atoms with Crippen LogP contribution in [0.5, 0.6) is 0 Å². The largest absolute Gasteiger partial charge is 1.00 e.